The number of pyridine rings is 1. The second-order valence-electron chi connectivity index (χ2n) is 8.46. The van der Waals surface area contributed by atoms with Crippen LogP contribution in [0.15, 0.2) is 36.5 Å². The van der Waals surface area contributed by atoms with Gasteiger partial charge in [-0.15, -0.1) is 0 Å². The summed E-state index contributed by atoms with van der Waals surface area (Å²) >= 11 is 5.64. The number of nitrogens with one attached hydrogen (secondary N) is 2. The number of rotatable bonds is 9. The fourth-order valence-electron chi connectivity index (χ4n) is 4.42. The topological polar surface area (TPSA) is 107 Å². The van der Waals surface area contributed by atoms with E-state index in [1.807, 2.05) is 0 Å². The summed E-state index contributed by atoms with van der Waals surface area (Å²) in [5, 5.41) is 5.94. The number of carbonyl (C=O) groups is 3. The van der Waals surface area contributed by atoms with Crippen LogP contribution in [0.2, 0.25) is 5.02 Å². The molecule has 3 saturated carbocycles. The Morgan fingerprint density at radius 2 is 1.79 bits per heavy atom. The van der Waals surface area contributed by atoms with E-state index in [2.05, 4.69) is 15.6 Å². The molecule has 3 aliphatic carbocycles. The molecule has 0 aliphatic heterocycles. The van der Waals surface area contributed by atoms with Crippen LogP contribution in [-0.2, 0) is 9.59 Å². The van der Waals surface area contributed by atoms with Crippen LogP contribution in [0, 0.1) is 11.7 Å². The molecule has 2 aromatic rings. The van der Waals surface area contributed by atoms with Crippen LogP contribution in [0.1, 0.15) is 36.7 Å². The van der Waals surface area contributed by atoms with Gasteiger partial charge >= 0.3 is 0 Å². The predicted molar refractivity (Wildman–Crippen MR) is 117 cm³/mol. The van der Waals surface area contributed by atoms with E-state index < -0.39 is 5.82 Å². The number of aromatic nitrogens is 1. The van der Waals surface area contributed by atoms with Crippen LogP contribution in [0.5, 0.6) is 11.5 Å². The van der Waals surface area contributed by atoms with Crippen molar-refractivity contribution in [2.75, 3.05) is 13.2 Å². The summed E-state index contributed by atoms with van der Waals surface area (Å²) in [6.45, 7) is 1.01. The third kappa shape index (κ3) is 5.42. The van der Waals surface area contributed by atoms with E-state index in [1.165, 1.54) is 25.3 Å². The number of ether oxygens (including phenoxy) is 2. The molecule has 1 unspecified atom stereocenters. The number of ketones is 1. The third-order valence-electron chi connectivity index (χ3n) is 5.96. The SMILES string of the molecule is CC(=O)c1ccc(OCC(=O)NC2CC3(NC(=O)COc4ccc(Cl)c(F)c4)CC2C3)cn1. The monoisotopic (exact) mass is 475 g/mol. The van der Waals surface area contributed by atoms with Gasteiger partial charge in [0.1, 0.15) is 23.0 Å². The van der Waals surface area contributed by atoms with Crippen molar-refractivity contribution in [1.29, 1.82) is 0 Å². The van der Waals surface area contributed by atoms with Gasteiger partial charge in [0.25, 0.3) is 11.8 Å². The zero-order valence-electron chi connectivity index (χ0n) is 17.9. The first-order valence-electron chi connectivity index (χ1n) is 10.5. The highest BCUT2D eigenvalue weighted by atomic mass is 35.5. The second kappa shape index (κ2) is 9.35. The Hall–Kier alpha value is -3.20. The number of nitrogens with zero attached hydrogens (tertiary/aromatic N) is 1. The molecule has 2 amide bonds. The molecule has 0 spiro atoms. The highest BCUT2D eigenvalue weighted by molar-refractivity contribution is 6.30. The Morgan fingerprint density at radius 1 is 1.09 bits per heavy atom. The minimum absolute atomic E-state index is 0.0156. The molecule has 174 valence electrons. The fourth-order valence-corrected chi connectivity index (χ4v) is 4.54. The minimum Gasteiger partial charge on any atom is -0.484 e. The van der Waals surface area contributed by atoms with Gasteiger partial charge in [0.15, 0.2) is 19.0 Å². The molecule has 1 aromatic heterocycles. The van der Waals surface area contributed by atoms with Crippen molar-refractivity contribution in [3.63, 3.8) is 0 Å². The number of hydrogen-bond donors (Lipinski definition) is 2. The van der Waals surface area contributed by atoms with Crippen LogP contribution in [0.3, 0.4) is 0 Å². The maximum Gasteiger partial charge on any atom is 0.258 e. The molecule has 0 saturated heterocycles. The molecule has 10 heteroatoms. The Kier molecular flexibility index (Phi) is 6.51. The molecular weight excluding hydrogens is 453 g/mol. The van der Waals surface area contributed by atoms with Gasteiger partial charge in [0.2, 0.25) is 0 Å². The summed E-state index contributed by atoms with van der Waals surface area (Å²) in [4.78, 5) is 39.8. The summed E-state index contributed by atoms with van der Waals surface area (Å²) in [7, 11) is 0. The standard InChI is InChI=1S/C23H23ClFN3O5/c1-13(29)19-5-3-16(10-26-19)33-11-21(30)27-20-9-23(7-14(20)8-23)28-22(31)12-32-15-2-4-17(24)18(25)6-15/h2-6,10,14,20H,7-9,11-12H2,1H3,(H,27,30)(H,28,31). The van der Waals surface area contributed by atoms with Gasteiger partial charge in [-0.3, -0.25) is 14.4 Å². The predicted octanol–water partition coefficient (Wildman–Crippen LogP) is 2.69. The Balaban J connectivity index is 1.20. The van der Waals surface area contributed by atoms with Crippen LogP contribution < -0.4 is 20.1 Å². The summed E-state index contributed by atoms with van der Waals surface area (Å²) < 4.78 is 24.2. The Morgan fingerprint density at radius 3 is 2.45 bits per heavy atom. The molecule has 33 heavy (non-hydrogen) atoms. The number of Topliss-reactive ketones (excluding diaryl/α,β-unsaturated/α-hetero) is 1. The molecule has 3 aliphatic rings. The lowest BCUT2D eigenvalue weighted by atomic mass is 9.76. The van der Waals surface area contributed by atoms with Crippen molar-refractivity contribution in [3.05, 3.63) is 53.1 Å². The zero-order chi connectivity index (χ0) is 23.6. The van der Waals surface area contributed by atoms with Gasteiger partial charge in [-0.1, -0.05) is 11.6 Å². The van der Waals surface area contributed by atoms with Gasteiger partial charge in [0.05, 0.1) is 11.2 Å². The van der Waals surface area contributed by atoms with Crippen LogP contribution >= 0.6 is 11.6 Å². The van der Waals surface area contributed by atoms with Crippen molar-refractivity contribution in [2.45, 2.75) is 37.8 Å². The van der Waals surface area contributed by atoms with E-state index in [9.17, 15) is 18.8 Å². The number of fused-ring (bicyclic) bond motifs is 1. The van der Waals surface area contributed by atoms with Crippen molar-refractivity contribution >= 4 is 29.2 Å². The van der Waals surface area contributed by atoms with E-state index >= 15 is 0 Å². The summed E-state index contributed by atoms with van der Waals surface area (Å²) in [5.74, 6) is -0.423. The number of hydrogen-bond acceptors (Lipinski definition) is 6. The largest absolute Gasteiger partial charge is 0.484 e. The average Bonchev–Trinajstić information content (AvgIpc) is 3.26. The van der Waals surface area contributed by atoms with Crippen molar-refractivity contribution in [3.8, 4) is 11.5 Å². The number of carbonyl (C=O) groups excluding carboxylic acids is 3. The second-order valence-corrected chi connectivity index (χ2v) is 8.87. The third-order valence-corrected chi connectivity index (χ3v) is 6.27. The molecule has 3 fully saturated rings. The normalized spacial score (nSPS) is 22.8. The van der Waals surface area contributed by atoms with E-state index in [1.54, 1.807) is 12.1 Å². The first kappa shape index (κ1) is 23.0. The summed E-state index contributed by atoms with van der Waals surface area (Å²) in [6, 6.07) is 7.07. The molecule has 5 rings (SSSR count). The molecule has 2 N–H and O–H groups in total. The van der Waals surface area contributed by atoms with Gasteiger partial charge in [-0.25, -0.2) is 9.37 Å². The van der Waals surface area contributed by atoms with Crippen molar-refractivity contribution in [2.24, 2.45) is 5.92 Å². The molecule has 1 atom stereocenters. The molecular formula is C23H23ClFN3O5. The van der Waals surface area contributed by atoms with Crippen molar-refractivity contribution < 1.29 is 28.2 Å². The van der Waals surface area contributed by atoms with Crippen LogP contribution in [0.25, 0.3) is 0 Å². The quantitative estimate of drug-likeness (QED) is 0.540. The van der Waals surface area contributed by atoms with Gasteiger partial charge in [-0.2, -0.15) is 0 Å². The zero-order valence-corrected chi connectivity index (χ0v) is 18.7. The lowest BCUT2D eigenvalue weighted by Gasteiger charge is -2.39. The summed E-state index contributed by atoms with van der Waals surface area (Å²) in [6.07, 6.45) is 3.58. The Labute approximate surface area is 194 Å². The Bertz CT molecular complexity index is 1070. The van der Waals surface area contributed by atoms with Crippen molar-refractivity contribution in [1.82, 2.24) is 15.6 Å². The number of halogens is 2. The highest BCUT2D eigenvalue weighted by Gasteiger charge is 2.57. The number of amides is 2. The smallest absolute Gasteiger partial charge is 0.258 e. The minimum atomic E-state index is -0.613. The molecule has 1 heterocycles. The summed E-state index contributed by atoms with van der Waals surface area (Å²) in [5.41, 5.74) is -0.0303. The molecule has 0 radical (unpaired) electrons. The highest BCUT2D eigenvalue weighted by Crippen LogP contribution is 2.52. The first-order chi connectivity index (χ1) is 15.7. The lowest BCUT2D eigenvalue weighted by molar-refractivity contribution is -0.126. The number of benzene rings is 1. The molecule has 2 bridgehead atoms. The molecule has 1 aromatic carbocycles. The van der Waals surface area contributed by atoms with E-state index in [0.717, 1.165) is 18.9 Å². The van der Waals surface area contributed by atoms with E-state index in [-0.39, 0.29) is 59.1 Å². The van der Waals surface area contributed by atoms with Gasteiger partial charge < -0.3 is 20.1 Å². The van der Waals surface area contributed by atoms with Crippen LogP contribution in [0.4, 0.5) is 4.39 Å². The average molecular weight is 476 g/mol. The van der Waals surface area contributed by atoms with E-state index in [0.29, 0.717) is 17.9 Å². The van der Waals surface area contributed by atoms with Gasteiger partial charge in [0, 0.05) is 24.6 Å². The van der Waals surface area contributed by atoms with E-state index in [4.69, 9.17) is 21.1 Å². The maximum atomic E-state index is 13.5. The van der Waals surface area contributed by atoms with Gasteiger partial charge in [-0.05, 0) is 49.4 Å². The first-order valence-corrected chi connectivity index (χ1v) is 10.9. The lowest BCUT2D eigenvalue weighted by Crippen LogP contribution is -2.53. The maximum absolute atomic E-state index is 13.5. The molecule has 8 nitrogen and oxygen atoms in total. The fraction of sp³-hybridized carbons (Fsp3) is 0.391. The van der Waals surface area contributed by atoms with Crippen LogP contribution in [-0.4, -0.2) is 47.4 Å².